The second kappa shape index (κ2) is 4.82. The Morgan fingerprint density at radius 3 is 2.67 bits per heavy atom. The van der Waals surface area contributed by atoms with Crippen molar-refractivity contribution in [3.63, 3.8) is 0 Å². The van der Waals surface area contributed by atoms with Crippen molar-refractivity contribution >= 4 is 12.0 Å². The largest absolute Gasteiger partial charge is 0.480 e. The van der Waals surface area contributed by atoms with Gasteiger partial charge in [0.1, 0.15) is 6.04 Å². The van der Waals surface area contributed by atoms with Crippen LogP contribution in [0.25, 0.3) is 0 Å². The molecule has 0 saturated heterocycles. The molecule has 84 valence electrons. The third-order valence-electron chi connectivity index (χ3n) is 2.39. The van der Waals surface area contributed by atoms with Gasteiger partial charge in [0.2, 0.25) is 0 Å². The highest BCUT2D eigenvalue weighted by molar-refractivity contribution is 5.83. The van der Waals surface area contributed by atoms with E-state index in [-0.39, 0.29) is 11.9 Å². The number of carbonyl (C=O) groups excluding carboxylic acids is 1. The minimum absolute atomic E-state index is 0.101. The molecule has 2 amide bonds. The molecule has 1 aliphatic rings. The van der Waals surface area contributed by atoms with Crippen molar-refractivity contribution < 1.29 is 14.7 Å². The molecule has 1 unspecified atom stereocenters. The molecular formula is C10H16N2O3. The van der Waals surface area contributed by atoms with E-state index in [4.69, 9.17) is 5.11 Å². The molecule has 5 heteroatoms. The number of nitrogens with zero attached hydrogens (tertiary/aromatic N) is 1. The summed E-state index contributed by atoms with van der Waals surface area (Å²) >= 11 is 0. The Kier molecular flexibility index (Phi) is 3.71. The first kappa shape index (κ1) is 11.6. The van der Waals surface area contributed by atoms with Gasteiger partial charge in [-0.15, -0.1) is 6.58 Å². The van der Waals surface area contributed by atoms with Crippen molar-refractivity contribution in [2.75, 3.05) is 13.6 Å². The van der Waals surface area contributed by atoms with Crippen LogP contribution in [0.2, 0.25) is 0 Å². The van der Waals surface area contributed by atoms with Gasteiger partial charge in [0.05, 0.1) is 0 Å². The Morgan fingerprint density at radius 1 is 1.67 bits per heavy atom. The molecule has 1 saturated carbocycles. The molecule has 1 rings (SSSR count). The third-order valence-corrected chi connectivity index (χ3v) is 2.39. The van der Waals surface area contributed by atoms with Crippen LogP contribution in [0.3, 0.4) is 0 Å². The van der Waals surface area contributed by atoms with E-state index in [1.807, 2.05) is 0 Å². The number of carboxylic acids is 1. The second-order valence-corrected chi connectivity index (χ2v) is 3.77. The number of aliphatic carboxylic acids is 1. The highest BCUT2D eigenvalue weighted by Crippen LogP contribution is 2.32. The fourth-order valence-electron chi connectivity index (χ4n) is 1.33. The Bertz CT molecular complexity index is 274. The average Bonchev–Trinajstić information content (AvgIpc) is 2.97. The molecule has 1 fully saturated rings. The summed E-state index contributed by atoms with van der Waals surface area (Å²) in [7, 11) is 1.60. The molecular weight excluding hydrogens is 196 g/mol. The van der Waals surface area contributed by atoms with Crippen LogP contribution in [0, 0.1) is 5.92 Å². The molecule has 1 aliphatic carbocycles. The second-order valence-electron chi connectivity index (χ2n) is 3.77. The zero-order valence-corrected chi connectivity index (χ0v) is 8.77. The molecule has 0 aliphatic heterocycles. The van der Waals surface area contributed by atoms with E-state index in [9.17, 15) is 9.59 Å². The summed E-state index contributed by atoms with van der Waals surface area (Å²) in [6.07, 6.45) is 3.34. The summed E-state index contributed by atoms with van der Waals surface area (Å²) in [5.74, 6) is -0.860. The van der Waals surface area contributed by atoms with Gasteiger partial charge in [0.25, 0.3) is 0 Å². The summed E-state index contributed by atoms with van der Waals surface area (Å²) in [5.41, 5.74) is 0. The SMILES string of the molecule is C=CCN(C)C(=O)NC(C(=O)O)C1CC1. The molecule has 15 heavy (non-hydrogen) atoms. The zero-order chi connectivity index (χ0) is 11.4. The first-order chi connectivity index (χ1) is 7.06. The van der Waals surface area contributed by atoms with Gasteiger partial charge >= 0.3 is 12.0 Å². The van der Waals surface area contributed by atoms with Crippen molar-refractivity contribution in [3.05, 3.63) is 12.7 Å². The number of likely N-dealkylation sites (N-methyl/N-ethyl adjacent to an activating group) is 1. The third kappa shape index (κ3) is 3.27. The highest BCUT2D eigenvalue weighted by atomic mass is 16.4. The standard InChI is InChI=1S/C10H16N2O3/c1-3-6-12(2)10(15)11-8(9(13)14)7-4-5-7/h3,7-8H,1,4-6H2,2H3,(H,11,15)(H,13,14). The van der Waals surface area contributed by atoms with E-state index >= 15 is 0 Å². The minimum Gasteiger partial charge on any atom is -0.480 e. The smallest absolute Gasteiger partial charge is 0.326 e. The van der Waals surface area contributed by atoms with Gasteiger partial charge in [-0.3, -0.25) is 0 Å². The number of hydrogen-bond donors (Lipinski definition) is 2. The molecule has 0 bridgehead atoms. The van der Waals surface area contributed by atoms with Gasteiger partial charge in [-0.2, -0.15) is 0 Å². The number of carboxylic acid groups (broad SMARTS) is 1. The van der Waals surface area contributed by atoms with Gasteiger partial charge in [-0.25, -0.2) is 9.59 Å². The molecule has 0 spiro atoms. The van der Waals surface area contributed by atoms with Gasteiger partial charge in [0, 0.05) is 13.6 Å². The number of nitrogens with one attached hydrogen (secondary N) is 1. The molecule has 0 aromatic carbocycles. The number of rotatable bonds is 5. The first-order valence-electron chi connectivity index (χ1n) is 4.91. The molecule has 2 N–H and O–H groups in total. The van der Waals surface area contributed by atoms with Crippen LogP contribution in [0.15, 0.2) is 12.7 Å². The molecule has 0 aromatic rings. The lowest BCUT2D eigenvalue weighted by molar-refractivity contribution is -0.139. The molecule has 5 nitrogen and oxygen atoms in total. The van der Waals surface area contributed by atoms with Crippen LogP contribution in [0.4, 0.5) is 4.79 Å². The monoisotopic (exact) mass is 212 g/mol. The van der Waals surface area contributed by atoms with Crippen molar-refractivity contribution in [3.8, 4) is 0 Å². The Balaban J connectivity index is 2.46. The lowest BCUT2D eigenvalue weighted by Gasteiger charge is -2.19. The zero-order valence-electron chi connectivity index (χ0n) is 8.77. The normalized spacial score (nSPS) is 16.6. The van der Waals surface area contributed by atoms with E-state index in [1.54, 1.807) is 13.1 Å². The highest BCUT2D eigenvalue weighted by Gasteiger charge is 2.37. The average molecular weight is 212 g/mol. The molecule has 0 aromatic heterocycles. The van der Waals surface area contributed by atoms with E-state index in [0.717, 1.165) is 12.8 Å². The van der Waals surface area contributed by atoms with Gasteiger partial charge < -0.3 is 15.3 Å². The van der Waals surface area contributed by atoms with Crippen LogP contribution in [0.5, 0.6) is 0 Å². The number of carbonyl (C=O) groups is 2. The minimum atomic E-state index is -0.960. The van der Waals surface area contributed by atoms with Gasteiger partial charge in [-0.1, -0.05) is 6.08 Å². The van der Waals surface area contributed by atoms with Gasteiger partial charge in [-0.05, 0) is 18.8 Å². The Labute approximate surface area is 88.8 Å². The van der Waals surface area contributed by atoms with Gasteiger partial charge in [0.15, 0.2) is 0 Å². The van der Waals surface area contributed by atoms with E-state index in [0.29, 0.717) is 6.54 Å². The summed E-state index contributed by atoms with van der Waals surface area (Å²) in [6, 6.07) is -1.11. The maximum Gasteiger partial charge on any atom is 0.326 e. The van der Waals surface area contributed by atoms with Crippen molar-refractivity contribution in [1.29, 1.82) is 0 Å². The number of urea groups is 1. The predicted octanol–water partition coefficient (Wildman–Crippen LogP) is 0.677. The predicted molar refractivity (Wildman–Crippen MR) is 55.5 cm³/mol. The van der Waals surface area contributed by atoms with Crippen LogP contribution < -0.4 is 5.32 Å². The maximum absolute atomic E-state index is 11.5. The Morgan fingerprint density at radius 2 is 2.27 bits per heavy atom. The quantitative estimate of drug-likeness (QED) is 0.658. The van der Waals surface area contributed by atoms with E-state index in [1.165, 1.54) is 4.90 Å². The van der Waals surface area contributed by atoms with Crippen LogP contribution in [-0.2, 0) is 4.79 Å². The summed E-state index contributed by atoms with van der Waals surface area (Å²) < 4.78 is 0. The van der Waals surface area contributed by atoms with Crippen molar-refractivity contribution in [2.24, 2.45) is 5.92 Å². The van der Waals surface area contributed by atoms with Crippen molar-refractivity contribution in [1.82, 2.24) is 10.2 Å². The summed E-state index contributed by atoms with van der Waals surface area (Å²) in [4.78, 5) is 23.7. The number of amides is 2. The molecule has 0 radical (unpaired) electrons. The van der Waals surface area contributed by atoms with E-state index in [2.05, 4.69) is 11.9 Å². The fourth-order valence-corrected chi connectivity index (χ4v) is 1.33. The van der Waals surface area contributed by atoms with E-state index < -0.39 is 12.0 Å². The first-order valence-corrected chi connectivity index (χ1v) is 4.91. The lowest BCUT2D eigenvalue weighted by Crippen LogP contribution is -2.47. The summed E-state index contributed by atoms with van der Waals surface area (Å²) in [5, 5.41) is 11.4. The molecule has 0 heterocycles. The number of hydrogen-bond acceptors (Lipinski definition) is 2. The topological polar surface area (TPSA) is 69.6 Å². The van der Waals surface area contributed by atoms with Crippen LogP contribution >= 0.6 is 0 Å². The van der Waals surface area contributed by atoms with Crippen LogP contribution in [-0.4, -0.2) is 41.6 Å². The van der Waals surface area contributed by atoms with Crippen LogP contribution in [0.1, 0.15) is 12.8 Å². The molecule has 1 atom stereocenters. The maximum atomic E-state index is 11.5. The Hall–Kier alpha value is -1.52. The fraction of sp³-hybridized carbons (Fsp3) is 0.600. The lowest BCUT2D eigenvalue weighted by atomic mass is 10.2. The van der Waals surface area contributed by atoms with Crippen molar-refractivity contribution in [2.45, 2.75) is 18.9 Å². The summed E-state index contributed by atoms with van der Waals surface area (Å²) in [6.45, 7) is 3.91.